The molecule has 0 heterocycles. The Morgan fingerprint density at radius 3 is 2.28 bits per heavy atom. The largest absolute Gasteiger partial charge is 0.483 e. The van der Waals surface area contributed by atoms with E-state index in [4.69, 9.17) is 27.9 Å². The molecule has 3 rings (SSSR count). The minimum atomic E-state index is -0.738. The standard InChI is InChI=1S/C29H32Cl2N2O3/c1-4-32-29(35)26(17-21-10-6-5-7-11-21)33(18-22-14-15-24(30)25(31)16-22)28(34)19-36-27-13-9-8-12-23(27)20(2)3/h5-16,20,26H,4,17-19H2,1-3H3,(H,32,35). The fourth-order valence-corrected chi connectivity index (χ4v) is 4.31. The Bertz CT molecular complexity index is 1170. The summed E-state index contributed by atoms with van der Waals surface area (Å²) in [5, 5.41) is 3.70. The van der Waals surface area contributed by atoms with E-state index in [1.54, 1.807) is 23.1 Å². The van der Waals surface area contributed by atoms with Crippen LogP contribution in [0.1, 0.15) is 43.4 Å². The van der Waals surface area contributed by atoms with Crippen LogP contribution >= 0.6 is 23.2 Å². The van der Waals surface area contributed by atoms with Crippen LogP contribution in [0, 0.1) is 0 Å². The van der Waals surface area contributed by atoms with Crippen LogP contribution in [0.4, 0.5) is 0 Å². The zero-order valence-electron chi connectivity index (χ0n) is 20.8. The Morgan fingerprint density at radius 2 is 1.61 bits per heavy atom. The van der Waals surface area contributed by atoms with Crippen LogP contribution in [0.3, 0.4) is 0 Å². The third-order valence-electron chi connectivity index (χ3n) is 5.85. The lowest BCUT2D eigenvalue weighted by molar-refractivity contribution is -0.142. The van der Waals surface area contributed by atoms with Crippen LogP contribution in [0.2, 0.25) is 10.0 Å². The maximum Gasteiger partial charge on any atom is 0.261 e. The van der Waals surface area contributed by atoms with Gasteiger partial charge in [-0.05, 0) is 47.7 Å². The molecule has 0 aliphatic heterocycles. The van der Waals surface area contributed by atoms with E-state index in [0.717, 1.165) is 16.7 Å². The fraction of sp³-hybridized carbons (Fsp3) is 0.310. The molecule has 3 aromatic rings. The molecule has 7 heteroatoms. The van der Waals surface area contributed by atoms with Gasteiger partial charge >= 0.3 is 0 Å². The van der Waals surface area contributed by atoms with Gasteiger partial charge in [0.2, 0.25) is 5.91 Å². The zero-order chi connectivity index (χ0) is 26.1. The van der Waals surface area contributed by atoms with Crippen LogP contribution in [-0.2, 0) is 22.6 Å². The topological polar surface area (TPSA) is 58.6 Å². The molecule has 3 aromatic carbocycles. The number of para-hydroxylation sites is 1. The second-order valence-electron chi connectivity index (χ2n) is 8.85. The highest BCUT2D eigenvalue weighted by molar-refractivity contribution is 6.42. The Balaban J connectivity index is 1.93. The molecule has 0 saturated heterocycles. The van der Waals surface area contributed by atoms with E-state index in [2.05, 4.69) is 19.2 Å². The van der Waals surface area contributed by atoms with Gasteiger partial charge in [-0.2, -0.15) is 0 Å². The van der Waals surface area contributed by atoms with Crippen LogP contribution in [0.25, 0.3) is 0 Å². The smallest absolute Gasteiger partial charge is 0.261 e. The predicted molar refractivity (Wildman–Crippen MR) is 146 cm³/mol. The first kappa shape index (κ1) is 27.6. The second-order valence-corrected chi connectivity index (χ2v) is 9.67. The van der Waals surface area contributed by atoms with Crippen LogP contribution < -0.4 is 10.1 Å². The first-order valence-corrected chi connectivity index (χ1v) is 12.8. The van der Waals surface area contributed by atoms with Crippen LogP contribution in [0.5, 0.6) is 5.75 Å². The van der Waals surface area contributed by atoms with Crippen molar-refractivity contribution in [2.75, 3.05) is 13.2 Å². The Morgan fingerprint density at radius 1 is 0.917 bits per heavy atom. The molecule has 0 bridgehead atoms. The fourth-order valence-electron chi connectivity index (χ4n) is 3.99. The number of carbonyl (C=O) groups excluding carboxylic acids is 2. The number of carbonyl (C=O) groups is 2. The first-order chi connectivity index (χ1) is 17.3. The van der Waals surface area contributed by atoms with Crippen molar-refractivity contribution >= 4 is 35.0 Å². The van der Waals surface area contributed by atoms with E-state index in [-0.39, 0.29) is 30.9 Å². The van der Waals surface area contributed by atoms with Gasteiger partial charge < -0.3 is 15.0 Å². The number of rotatable bonds is 11. The quantitative estimate of drug-likeness (QED) is 0.320. The summed E-state index contributed by atoms with van der Waals surface area (Å²) in [6.45, 7) is 6.44. The van der Waals surface area contributed by atoms with Gasteiger partial charge in [-0.15, -0.1) is 0 Å². The average Bonchev–Trinajstić information content (AvgIpc) is 2.87. The monoisotopic (exact) mass is 526 g/mol. The van der Waals surface area contributed by atoms with Gasteiger partial charge in [0.15, 0.2) is 6.61 Å². The molecule has 0 aromatic heterocycles. The molecule has 1 unspecified atom stereocenters. The summed E-state index contributed by atoms with van der Waals surface area (Å²) in [6.07, 6.45) is 0.363. The van der Waals surface area contributed by atoms with Gasteiger partial charge in [0.05, 0.1) is 10.0 Å². The molecule has 36 heavy (non-hydrogen) atoms. The summed E-state index contributed by atoms with van der Waals surface area (Å²) in [4.78, 5) is 28.5. The highest BCUT2D eigenvalue weighted by atomic mass is 35.5. The van der Waals surface area contributed by atoms with Gasteiger partial charge in [-0.25, -0.2) is 0 Å². The van der Waals surface area contributed by atoms with E-state index >= 15 is 0 Å². The normalized spacial score (nSPS) is 11.7. The number of hydrogen-bond acceptors (Lipinski definition) is 3. The molecule has 0 fully saturated rings. The third-order valence-corrected chi connectivity index (χ3v) is 6.59. The molecule has 0 radical (unpaired) electrons. The summed E-state index contributed by atoms with van der Waals surface area (Å²) >= 11 is 12.3. The minimum absolute atomic E-state index is 0.180. The molecule has 0 aliphatic carbocycles. The Kier molecular flexibility index (Phi) is 10.2. The third kappa shape index (κ3) is 7.49. The van der Waals surface area contributed by atoms with E-state index < -0.39 is 6.04 Å². The molecular weight excluding hydrogens is 495 g/mol. The van der Waals surface area contributed by atoms with E-state index in [1.165, 1.54) is 0 Å². The number of amides is 2. The van der Waals surface area contributed by atoms with Crippen molar-refractivity contribution in [2.24, 2.45) is 0 Å². The maximum absolute atomic E-state index is 13.7. The van der Waals surface area contributed by atoms with Gasteiger partial charge in [0.1, 0.15) is 11.8 Å². The first-order valence-electron chi connectivity index (χ1n) is 12.1. The molecule has 1 N–H and O–H groups in total. The summed E-state index contributed by atoms with van der Waals surface area (Å²) in [5.74, 6) is 0.377. The number of likely N-dealkylation sites (N-methyl/N-ethyl adjacent to an activating group) is 1. The van der Waals surface area contributed by atoms with Crippen molar-refractivity contribution in [1.29, 1.82) is 0 Å². The lowest BCUT2D eigenvalue weighted by Crippen LogP contribution is -2.51. The minimum Gasteiger partial charge on any atom is -0.483 e. The number of benzene rings is 3. The predicted octanol–water partition coefficient (Wildman–Crippen LogP) is 6.27. The van der Waals surface area contributed by atoms with Crippen LogP contribution in [-0.4, -0.2) is 35.9 Å². The Labute approximate surface area is 223 Å². The van der Waals surface area contributed by atoms with E-state index in [1.807, 2.05) is 61.5 Å². The van der Waals surface area contributed by atoms with Crippen molar-refractivity contribution in [3.63, 3.8) is 0 Å². The van der Waals surface area contributed by atoms with E-state index in [9.17, 15) is 9.59 Å². The van der Waals surface area contributed by atoms with Gasteiger partial charge in [-0.1, -0.05) is 91.6 Å². The number of hydrogen-bond donors (Lipinski definition) is 1. The molecule has 0 spiro atoms. The van der Waals surface area contributed by atoms with Crippen molar-refractivity contribution in [3.05, 3.63) is 99.5 Å². The number of nitrogens with zero attached hydrogens (tertiary/aromatic N) is 1. The number of nitrogens with one attached hydrogen (secondary N) is 1. The van der Waals surface area contributed by atoms with Gasteiger partial charge in [-0.3, -0.25) is 9.59 Å². The zero-order valence-corrected chi connectivity index (χ0v) is 22.4. The highest BCUT2D eigenvalue weighted by Crippen LogP contribution is 2.27. The molecule has 5 nitrogen and oxygen atoms in total. The maximum atomic E-state index is 13.7. The molecule has 0 aliphatic rings. The Hall–Kier alpha value is -3.02. The summed E-state index contributed by atoms with van der Waals surface area (Å²) in [5.41, 5.74) is 2.74. The van der Waals surface area contributed by atoms with Gasteiger partial charge in [0.25, 0.3) is 5.91 Å². The number of ether oxygens (including phenoxy) is 1. The van der Waals surface area contributed by atoms with Crippen molar-refractivity contribution in [2.45, 2.75) is 45.7 Å². The van der Waals surface area contributed by atoms with Crippen molar-refractivity contribution in [1.82, 2.24) is 10.2 Å². The SMILES string of the molecule is CCNC(=O)C(Cc1ccccc1)N(Cc1ccc(Cl)c(Cl)c1)C(=O)COc1ccccc1C(C)C. The second kappa shape index (κ2) is 13.3. The molecule has 0 saturated carbocycles. The van der Waals surface area contributed by atoms with Crippen molar-refractivity contribution in [3.8, 4) is 5.75 Å². The van der Waals surface area contributed by atoms with Crippen molar-refractivity contribution < 1.29 is 14.3 Å². The average molecular weight is 527 g/mol. The molecule has 2 amide bonds. The van der Waals surface area contributed by atoms with Gasteiger partial charge in [0, 0.05) is 19.5 Å². The van der Waals surface area contributed by atoms with E-state index in [0.29, 0.717) is 28.8 Å². The lowest BCUT2D eigenvalue weighted by atomic mass is 10.0. The summed E-state index contributed by atoms with van der Waals surface area (Å²) < 4.78 is 5.99. The van der Waals surface area contributed by atoms with Crippen LogP contribution in [0.15, 0.2) is 72.8 Å². The number of halogens is 2. The molecular formula is C29H32Cl2N2O3. The highest BCUT2D eigenvalue weighted by Gasteiger charge is 2.30. The lowest BCUT2D eigenvalue weighted by Gasteiger charge is -2.31. The summed E-state index contributed by atoms with van der Waals surface area (Å²) in [7, 11) is 0. The summed E-state index contributed by atoms with van der Waals surface area (Å²) in [6, 6.07) is 21.8. The molecule has 190 valence electrons. The molecule has 1 atom stereocenters.